The first-order chi connectivity index (χ1) is 22.8. The van der Waals surface area contributed by atoms with Gasteiger partial charge in [-0.15, -0.1) is 10.2 Å². The van der Waals surface area contributed by atoms with E-state index in [9.17, 15) is 19.5 Å². The number of nitrogens with zero attached hydrogens (tertiary/aromatic N) is 6. The van der Waals surface area contributed by atoms with Crippen LogP contribution in [0.25, 0.3) is 39.3 Å². The molecule has 3 amide bonds. The van der Waals surface area contributed by atoms with Crippen molar-refractivity contribution in [3.05, 3.63) is 114 Å². The Hall–Kier alpha value is -5.81. The van der Waals surface area contributed by atoms with E-state index >= 15 is 0 Å². The van der Waals surface area contributed by atoms with Gasteiger partial charge >= 0.3 is 0 Å². The Labute approximate surface area is 267 Å². The van der Waals surface area contributed by atoms with Gasteiger partial charge in [-0.1, -0.05) is 66.7 Å². The average Bonchev–Trinajstić information content (AvgIpc) is 3.80. The van der Waals surface area contributed by atoms with Gasteiger partial charge in [0.25, 0.3) is 17.7 Å². The summed E-state index contributed by atoms with van der Waals surface area (Å²) in [5.74, 6) is -1.27. The SMILES string of the molecule is NC(=O)c1nnc2ccc3nc(-c4ccc([C@]5(N6C(=O)c7ccccc7C6=O)C[C@@](O)(C6CC6)C5)cc4)c(-c4ccccc4)nc3n12. The fourth-order valence-corrected chi connectivity index (χ4v) is 7.52. The summed E-state index contributed by atoms with van der Waals surface area (Å²) < 4.78 is 1.51. The molecule has 0 radical (unpaired) electrons. The summed E-state index contributed by atoms with van der Waals surface area (Å²) in [5.41, 5.74) is 9.30. The number of primary amides is 1. The van der Waals surface area contributed by atoms with Crippen molar-refractivity contribution in [2.24, 2.45) is 11.7 Å². The van der Waals surface area contributed by atoms with Crippen molar-refractivity contribution >= 4 is 34.5 Å². The van der Waals surface area contributed by atoms with Crippen LogP contribution in [0.1, 0.15) is 62.6 Å². The van der Waals surface area contributed by atoms with Crippen LogP contribution in [0.5, 0.6) is 0 Å². The fraction of sp³-hybridized carbons (Fsp3) is 0.194. The van der Waals surface area contributed by atoms with Gasteiger partial charge < -0.3 is 10.8 Å². The van der Waals surface area contributed by atoms with Crippen molar-refractivity contribution in [2.75, 3.05) is 0 Å². The van der Waals surface area contributed by atoms with Crippen LogP contribution in [0, 0.1) is 5.92 Å². The first-order valence-electron chi connectivity index (χ1n) is 15.5. The molecule has 3 aromatic carbocycles. The van der Waals surface area contributed by atoms with Crippen LogP contribution in [-0.4, -0.2) is 57.9 Å². The number of aliphatic hydroxyl groups is 1. The Balaban J connectivity index is 1.18. The van der Waals surface area contributed by atoms with Crippen LogP contribution in [0.3, 0.4) is 0 Å². The molecular formula is C36H27N7O4. The lowest BCUT2D eigenvalue weighted by atomic mass is 9.58. The molecule has 3 aliphatic rings. The third-order valence-corrected chi connectivity index (χ3v) is 9.91. The molecule has 0 bridgehead atoms. The highest BCUT2D eigenvalue weighted by Crippen LogP contribution is 2.61. The molecule has 2 saturated carbocycles. The first-order valence-corrected chi connectivity index (χ1v) is 15.5. The highest BCUT2D eigenvalue weighted by Gasteiger charge is 2.66. The lowest BCUT2D eigenvalue weighted by Gasteiger charge is -2.57. The fourth-order valence-electron chi connectivity index (χ4n) is 7.52. The van der Waals surface area contributed by atoms with Crippen LogP contribution in [0.15, 0.2) is 91.0 Å². The number of rotatable bonds is 6. The molecule has 3 N–H and O–H groups in total. The second-order valence-electron chi connectivity index (χ2n) is 12.7. The van der Waals surface area contributed by atoms with Crippen LogP contribution in [-0.2, 0) is 5.54 Å². The summed E-state index contributed by atoms with van der Waals surface area (Å²) >= 11 is 0. The van der Waals surface area contributed by atoms with Crippen molar-refractivity contribution < 1.29 is 19.5 Å². The highest BCUT2D eigenvalue weighted by atomic mass is 16.3. The Kier molecular flexibility index (Phi) is 5.62. The molecule has 9 rings (SSSR count). The van der Waals surface area contributed by atoms with E-state index in [4.69, 9.17) is 15.7 Å². The van der Waals surface area contributed by atoms with Gasteiger partial charge in [0.05, 0.1) is 33.7 Å². The lowest BCUT2D eigenvalue weighted by molar-refractivity contribution is -0.143. The van der Waals surface area contributed by atoms with Gasteiger partial charge in [-0.2, -0.15) is 0 Å². The van der Waals surface area contributed by atoms with E-state index < -0.39 is 17.0 Å². The number of pyridine rings is 1. The molecule has 230 valence electrons. The molecule has 11 nitrogen and oxygen atoms in total. The van der Waals surface area contributed by atoms with Gasteiger partial charge in [-0.25, -0.2) is 9.97 Å². The number of carbonyl (C=O) groups excluding carboxylic acids is 3. The predicted octanol–water partition coefficient (Wildman–Crippen LogP) is 4.53. The molecular weight excluding hydrogens is 594 g/mol. The Bertz CT molecular complexity index is 2270. The van der Waals surface area contributed by atoms with Crippen molar-refractivity contribution in [1.82, 2.24) is 29.5 Å². The highest BCUT2D eigenvalue weighted by molar-refractivity contribution is 6.22. The summed E-state index contributed by atoms with van der Waals surface area (Å²) in [6.07, 6.45) is 2.47. The zero-order valence-corrected chi connectivity index (χ0v) is 25.0. The van der Waals surface area contributed by atoms with Gasteiger partial charge in [0, 0.05) is 24.0 Å². The van der Waals surface area contributed by atoms with Crippen LogP contribution < -0.4 is 5.73 Å². The van der Waals surface area contributed by atoms with Crippen molar-refractivity contribution in [1.29, 1.82) is 0 Å². The number of carbonyl (C=O) groups is 3. The second kappa shape index (κ2) is 9.60. The standard InChI is InChI=1S/C36H27N7O4/c37-30(44)32-41-40-27-17-16-26-31(42(27)32)39-29(20-6-2-1-3-7-20)28(38-26)21-10-12-22(13-11-21)35(18-36(47,19-35)23-14-15-23)43-33(45)24-8-4-5-9-25(24)34(43)46/h1-13,16-17,23,47H,14-15,18-19H2,(H2,37,44)/t35-,36-. The number of imide groups is 1. The average molecular weight is 622 g/mol. The van der Waals surface area contributed by atoms with E-state index in [0.29, 0.717) is 39.3 Å². The molecule has 0 saturated heterocycles. The summed E-state index contributed by atoms with van der Waals surface area (Å²) in [5, 5.41) is 19.5. The van der Waals surface area contributed by atoms with Crippen molar-refractivity contribution in [3.63, 3.8) is 0 Å². The van der Waals surface area contributed by atoms with Crippen LogP contribution in [0.4, 0.5) is 0 Å². The topological polar surface area (TPSA) is 157 Å². The second-order valence-corrected chi connectivity index (χ2v) is 12.7. The minimum atomic E-state index is -0.981. The van der Waals surface area contributed by atoms with Crippen LogP contribution >= 0.6 is 0 Å². The first kappa shape index (κ1) is 27.5. The summed E-state index contributed by atoms with van der Waals surface area (Å²) in [7, 11) is 0. The van der Waals surface area contributed by atoms with Gasteiger partial charge in [0.15, 0.2) is 11.3 Å². The molecule has 3 aromatic heterocycles. The van der Waals surface area contributed by atoms with Gasteiger partial charge in [-0.3, -0.25) is 23.7 Å². The van der Waals surface area contributed by atoms with E-state index in [2.05, 4.69) is 10.2 Å². The lowest BCUT2D eigenvalue weighted by Crippen LogP contribution is -2.65. The molecule has 0 unspecified atom stereocenters. The zero-order valence-electron chi connectivity index (χ0n) is 25.0. The Morgan fingerprint density at radius 1 is 0.766 bits per heavy atom. The molecule has 2 fully saturated rings. The number of benzene rings is 3. The summed E-state index contributed by atoms with van der Waals surface area (Å²) in [6.45, 7) is 0. The summed E-state index contributed by atoms with van der Waals surface area (Å²) in [4.78, 5) is 51.0. The molecule has 47 heavy (non-hydrogen) atoms. The Morgan fingerprint density at radius 2 is 1.38 bits per heavy atom. The maximum absolute atomic E-state index is 13.7. The quantitative estimate of drug-likeness (QED) is 0.257. The van der Waals surface area contributed by atoms with Gasteiger partial charge in [-0.05, 0) is 48.6 Å². The normalized spacial score (nSPS) is 22.1. The minimum absolute atomic E-state index is 0.0406. The van der Waals surface area contributed by atoms with Gasteiger partial charge in [0.1, 0.15) is 5.52 Å². The van der Waals surface area contributed by atoms with E-state index in [1.54, 1.807) is 36.4 Å². The molecule has 4 heterocycles. The van der Waals surface area contributed by atoms with Crippen molar-refractivity contribution in [2.45, 2.75) is 36.8 Å². The molecule has 0 atom stereocenters. The van der Waals surface area contributed by atoms with E-state index in [0.717, 1.165) is 29.5 Å². The number of hydrogen-bond acceptors (Lipinski definition) is 8. The maximum Gasteiger partial charge on any atom is 0.287 e. The van der Waals surface area contributed by atoms with Crippen molar-refractivity contribution in [3.8, 4) is 22.5 Å². The van der Waals surface area contributed by atoms with E-state index in [-0.39, 0.29) is 36.4 Å². The van der Waals surface area contributed by atoms with E-state index in [1.807, 2.05) is 54.6 Å². The van der Waals surface area contributed by atoms with Gasteiger partial charge in [0.2, 0.25) is 5.82 Å². The third-order valence-electron chi connectivity index (χ3n) is 9.91. The molecule has 0 spiro atoms. The number of hydrogen-bond donors (Lipinski definition) is 2. The molecule has 1 aliphatic heterocycles. The third kappa shape index (κ3) is 3.93. The number of amides is 3. The maximum atomic E-state index is 13.7. The number of aromatic nitrogens is 5. The summed E-state index contributed by atoms with van der Waals surface area (Å²) in [6, 6.07) is 27.6. The minimum Gasteiger partial charge on any atom is -0.389 e. The Morgan fingerprint density at radius 3 is 2.02 bits per heavy atom. The predicted molar refractivity (Wildman–Crippen MR) is 171 cm³/mol. The molecule has 2 aliphatic carbocycles. The molecule has 6 aromatic rings. The smallest absolute Gasteiger partial charge is 0.287 e. The monoisotopic (exact) mass is 621 g/mol. The number of fused-ring (bicyclic) bond motifs is 4. The number of nitrogens with two attached hydrogens (primary N) is 1. The van der Waals surface area contributed by atoms with Crippen LogP contribution in [0.2, 0.25) is 0 Å². The van der Waals surface area contributed by atoms with E-state index in [1.165, 1.54) is 9.30 Å². The molecule has 11 heteroatoms. The zero-order chi connectivity index (χ0) is 32.1. The largest absolute Gasteiger partial charge is 0.389 e.